The van der Waals surface area contributed by atoms with Crippen molar-refractivity contribution in [2.45, 2.75) is 443 Å². The fourth-order valence-corrected chi connectivity index (χ4v) is 12.2. The first kappa shape index (κ1) is 81.3. The van der Waals surface area contributed by atoms with E-state index in [0.717, 1.165) is 44.9 Å². The van der Waals surface area contributed by atoms with Crippen molar-refractivity contribution in [2.75, 3.05) is 13.2 Å². The van der Waals surface area contributed by atoms with Crippen LogP contribution in [0.5, 0.6) is 0 Å². The van der Waals surface area contributed by atoms with Crippen LogP contribution in [0.25, 0.3) is 0 Å². The minimum atomic E-state index is -0.659. The lowest BCUT2D eigenvalue weighted by molar-refractivity contribution is -0.143. The predicted molar refractivity (Wildman–Crippen MR) is 366 cm³/mol. The topological polar surface area (TPSA) is 95.9 Å². The highest BCUT2D eigenvalue weighted by molar-refractivity contribution is 5.76. The summed E-state index contributed by atoms with van der Waals surface area (Å²) in [6, 6.07) is -0.536. The standard InChI is InChI=1S/C77H149NO5/c1-3-5-7-9-11-13-15-16-17-44-47-51-55-59-63-67-71-77(82)83-72-68-64-60-56-52-48-45-42-40-38-36-34-32-30-28-26-24-22-20-18-19-21-23-25-27-29-31-33-35-37-39-41-43-46-50-54-58-62-66-70-76(81)78-74(73-79)75(80)69-65-61-57-53-49-14-12-10-8-6-4-2/h17-19,44,74-75,79-80H,3-16,20-43,45-73H2,1-2H3,(H,78,81)/b19-18-,44-17-. The van der Waals surface area contributed by atoms with Gasteiger partial charge in [-0.2, -0.15) is 0 Å². The first-order valence-corrected chi connectivity index (χ1v) is 38.1. The van der Waals surface area contributed by atoms with Gasteiger partial charge in [0.05, 0.1) is 25.4 Å². The van der Waals surface area contributed by atoms with Gasteiger partial charge in [0.25, 0.3) is 0 Å². The normalized spacial score (nSPS) is 12.6. The molecule has 0 radical (unpaired) electrons. The van der Waals surface area contributed by atoms with Gasteiger partial charge in [0, 0.05) is 12.8 Å². The van der Waals surface area contributed by atoms with Gasteiger partial charge in [-0.05, 0) is 77.0 Å². The number of hydrogen-bond donors (Lipinski definition) is 3. The quantitative estimate of drug-likeness (QED) is 0.0320. The summed E-state index contributed by atoms with van der Waals surface area (Å²) in [5.41, 5.74) is 0. The Hall–Kier alpha value is -1.66. The number of aliphatic hydroxyl groups is 2. The van der Waals surface area contributed by atoms with E-state index in [1.807, 2.05) is 0 Å². The molecule has 2 atom stereocenters. The zero-order valence-corrected chi connectivity index (χ0v) is 56.5. The third-order valence-corrected chi connectivity index (χ3v) is 18.0. The lowest BCUT2D eigenvalue weighted by Gasteiger charge is -2.22. The number of aliphatic hydroxyl groups excluding tert-OH is 2. The molecule has 0 aliphatic heterocycles. The molecule has 0 bridgehead atoms. The summed E-state index contributed by atoms with van der Waals surface area (Å²) in [7, 11) is 0. The molecule has 0 aromatic heterocycles. The molecule has 1 amide bonds. The zero-order chi connectivity index (χ0) is 59.9. The highest BCUT2D eigenvalue weighted by atomic mass is 16.5. The van der Waals surface area contributed by atoms with Crippen LogP contribution in [-0.4, -0.2) is 47.4 Å². The second-order valence-corrected chi connectivity index (χ2v) is 26.3. The van der Waals surface area contributed by atoms with Crippen LogP contribution in [0.1, 0.15) is 431 Å². The van der Waals surface area contributed by atoms with Gasteiger partial charge in [-0.15, -0.1) is 0 Å². The zero-order valence-electron chi connectivity index (χ0n) is 56.5. The molecule has 0 aromatic rings. The SMILES string of the molecule is CCCCCCCCC/C=C\CCCCCCCC(=O)OCCCCCCCCCCCCCCCCCCCC/C=C\CCCCCCCCCCCCCCCCCCCC(=O)NC(CO)C(O)CCCCCCCCCCCCC. The Morgan fingerprint density at radius 1 is 0.325 bits per heavy atom. The van der Waals surface area contributed by atoms with Gasteiger partial charge in [-0.1, -0.05) is 366 Å². The van der Waals surface area contributed by atoms with Crippen LogP contribution in [0.4, 0.5) is 0 Å². The Kier molecular flexibility index (Phi) is 71.4. The third kappa shape index (κ3) is 69.3. The van der Waals surface area contributed by atoms with Crippen molar-refractivity contribution in [1.82, 2.24) is 5.32 Å². The maximum absolute atomic E-state index is 12.5. The molecule has 492 valence electrons. The number of ether oxygens (including phenoxy) is 1. The van der Waals surface area contributed by atoms with Crippen molar-refractivity contribution in [1.29, 1.82) is 0 Å². The van der Waals surface area contributed by atoms with Crippen LogP contribution in [0.3, 0.4) is 0 Å². The van der Waals surface area contributed by atoms with E-state index in [-0.39, 0.29) is 18.5 Å². The summed E-state index contributed by atoms with van der Waals surface area (Å²) in [5, 5.41) is 23.2. The summed E-state index contributed by atoms with van der Waals surface area (Å²) in [6.07, 6.45) is 92.8. The molecule has 0 saturated heterocycles. The van der Waals surface area contributed by atoms with E-state index >= 15 is 0 Å². The molecule has 0 spiro atoms. The number of unbranched alkanes of at least 4 members (excludes halogenated alkanes) is 57. The molecule has 0 heterocycles. The molecule has 0 fully saturated rings. The second kappa shape index (κ2) is 72.8. The summed E-state index contributed by atoms with van der Waals surface area (Å²) in [4.78, 5) is 24.6. The molecule has 6 nitrogen and oxygen atoms in total. The number of nitrogens with one attached hydrogen (secondary N) is 1. The monoisotopic (exact) mass is 1170 g/mol. The van der Waals surface area contributed by atoms with E-state index in [9.17, 15) is 19.8 Å². The molecule has 2 unspecified atom stereocenters. The van der Waals surface area contributed by atoms with Gasteiger partial charge < -0.3 is 20.3 Å². The summed E-state index contributed by atoms with van der Waals surface area (Å²) < 4.78 is 5.50. The van der Waals surface area contributed by atoms with Crippen molar-refractivity contribution < 1.29 is 24.5 Å². The van der Waals surface area contributed by atoms with E-state index in [0.29, 0.717) is 25.9 Å². The van der Waals surface area contributed by atoms with Gasteiger partial charge >= 0.3 is 5.97 Å². The number of hydrogen-bond acceptors (Lipinski definition) is 5. The maximum Gasteiger partial charge on any atom is 0.305 e. The molecule has 0 rings (SSSR count). The van der Waals surface area contributed by atoms with E-state index in [2.05, 4.69) is 43.5 Å². The minimum absolute atomic E-state index is 0.0158. The number of carbonyl (C=O) groups is 2. The lowest BCUT2D eigenvalue weighted by atomic mass is 10.0. The van der Waals surface area contributed by atoms with Crippen molar-refractivity contribution in [3.63, 3.8) is 0 Å². The first-order chi connectivity index (χ1) is 41.0. The molecular formula is C77H149NO5. The molecular weight excluding hydrogens is 1020 g/mol. The average molecular weight is 1170 g/mol. The number of amides is 1. The number of rotatable bonds is 72. The van der Waals surface area contributed by atoms with Gasteiger partial charge in [-0.25, -0.2) is 0 Å². The van der Waals surface area contributed by atoms with Crippen LogP contribution in [0, 0.1) is 0 Å². The van der Waals surface area contributed by atoms with Gasteiger partial charge in [0.1, 0.15) is 0 Å². The molecule has 0 saturated carbocycles. The molecule has 6 heteroatoms. The van der Waals surface area contributed by atoms with Crippen LogP contribution in [0.2, 0.25) is 0 Å². The van der Waals surface area contributed by atoms with Gasteiger partial charge in [-0.3, -0.25) is 9.59 Å². The third-order valence-electron chi connectivity index (χ3n) is 18.0. The largest absolute Gasteiger partial charge is 0.466 e. The Bertz CT molecular complexity index is 1300. The fourth-order valence-electron chi connectivity index (χ4n) is 12.2. The lowest BCUT2D eigenvalue weighted by Crippen LogP contribution is -2.45. The highest BCUT2D eigenvalue weighted by Gasteiger charge is 2.20. The summed E-state index contributed by atoms with van der Waals surface area (Å²) in [6.45, 7) is 4.97. The molecule has 0 aromatic carbocycles. The second-order valence-electron chi connectivity index (χ2n) is 26.3. The van der Waals surface area contributed by atoms with E-state index < -0.39 is 12.1 Å². The maximum atomic E-state index is 12.5. The van der Waals surface area contributed by atoms with E-state index in [1.165, 1.54) is 353 Å². The molecule has 0 aliphatic rings. The van der Waals surface area contributed by atoms with Crippen LogP contribution < -0.4 is 5.32 Å². The van der Waals surface area contributed by atoms with Gasteiger partial charge in [0.15, 0.2) is 0 Å². The first-order valence-electron chi connectivity index (χ1n) is 38.1. The van der Waals surface area contributed by atoms with Crippen LogP contribution in [0.15, 0.2) is 24.3 Å². The fraction of sp³-hybridized carbons (Fsp3) is 0.922. The molecule has 0 aliphatic carbocycles. The van der Waals surface area contributed by atoms with Crippen molar-refractivity contribution in [3.8, 4) is 0 Å². The Labute approximate surface area is 520 Å². The molecule has 83 heavy (non-hydrogen) atoms. The summed E-state index contributed by atoms with van der Waals surface area (Å²) >= 11 is 0. The Morgan fingerprint density at radius 2 is 0.566 bits per heavy atom. The smallest absolute Gasteiger partial charge is 0.305 e. The number of esters is 1. The van der Waals surface area contributed by atoms with Gasteiger partial charge in [0.2, 0.25) is 5.91 Å². The summed E-state index contributed by atoms with van der Waals surface area (Å²) in [5.74, 6) is -0.0136. The van der Waals surface area contributed by atoms with Crippen molar-refractivity contribution >= 4 is 11.9 Å². The van der Waals surface area contributed by atoms with Crippen molar-refractivity contribution in [2.24, 2.45) is 0 Å². The van der Waals surface area contributed by atoms with Crippen molar-refractivity contribution in [3.05, 3.63) is 24.3 Å². The van der Waals surface area contributed by atoms with E-state index in [4.69, 9.17) is 4.74 Å². The Balaban J connectivity index is 3.29. The van der Waals surface area contributed by atoms with Crippen LogP contribution >= 0.6 is 0 Å². The predicted octanol–water partition coefficient (Wildman–Crippen LogP) is 24.9. The van der Waals surface area contributed by atoms with E-state index in [1.54, 1.807) is 0 Å². The highest BCUT2D eigenvalue weighted by Crippen LogP contribution is 2.19. The minimum Gasteiger partial charge on any atom is -0.466 e. The average Bonchev–Trinajstić information content (AvgIpc) is 3.49. The Morgan fingerprint density at radius 3 is 0.855 bits per heavy atom. The van der Waals surface area contributed by atoms with Crippen LogP contribution in [-0.2, 0) is 14.3 Å². The molecule has 3 N–H and O–H groups in total. The number of carbonyl (C=O) groups excluding carboxylic acids is 2. The number of allylic oxidation sites excluding steroid dienone is 4.